The van der Waals surface area contributed by atoms with Gasteiger partial charge in [0.05, 0.1) is 17.7 Å². The summed E-state index contributed by atoms with van der Waals surface area (Å²) in [6, 6.07) is 12.5. The van der Waals surface area contributed by atoms with Crippen LogP contribution in [-0.4, -0.2) is 74.1 Å². The third-order valence-corrected chi connectivity index (χ3v) is 8.94. The van der Waals surface area contributed by atoms with Gasteiger partial charge < -0.3 is 20.3 Å². The van der Waals surface area contributed by atoms with Crippen molar-refractivity contribution in [1.29, 1.82) is 0 Å². The van der Waals surface area contributed by atoms with Crippen molar-refractivity contribution in [3.05, 3.63) is 53.1 Å². The van der Waals surface area contributed by atoms with E-state index in [4.69, 9.17) is 4.74 Å². The van der Waals surface area contributed by atoms with Gasteiger partial charge in [-0.1, -0.05) is 24.1 Å². The van der Waals surface area contributed by atoms with Crippen LogP contribution in [0.25, 0.3) is 22.3 Å². The number of nitrogens with one attached hydrogen (secondary N) is 4. The molecule has 0 spiro atoms. The quantitative estimate of drug-likeness (QED) is 0.193. The third kappa shape index (κ3) is 6.06. The molecule has 2 bridgehead atoms. The van der Waals surface area contributed by atoms with Crippen molar-refractivity contribution < 1.29 is 14.3 Å². The number of nitrogens with zero attached hydrogens (tertiary/aromatic N) is 4. The Morgan fingerprint density at radius 2 is 1.68 bits per heavy atom. The minimum Gasteiger partial charge on any atom is -0.475 e. The van der Waals surface area contributed by atoms with Crippen LogP contribution >= 0.6 is 0 Å². The fourth-order valence-corrected chi connectivity index (χ4v) is 6.77. The molecule has 6 rings (SSSR count). The number of fused-ring (bicyclic) bond motifs is 3. The highest BCUT2D eigenvalue weighted by atomic mass is 16.5. The monoisotopic (exact) mass is 598 g/mol. The van der Waals surface area contributed by atoms with E-state index in [1.807, 2.05) is 19.9 Å². The van der Waals surface area contributed by atoms with Gasteiger partial charge >= 0.3 is 0 Å². The topological polar surface area (TPSA) is 141 Å². The molecule has 2 aromatic carbocycles. The molecule has 11 nitrogen and oxygen atoms in total. The molecule has 0 radical (unpaired) electrons. The summed E-state index contributed by atoms with van der Waals surface area (Å²) in [5, 5.41) is 24.7. The van der Waals surface area contributed by atoms with Gasteiger partial charge in [0.15, 0.2) is 0 Å². The molecular weight excluding hydrogens is 556 g/mol. The molecular formula is C33H42N8O3. The third-order valence-electron chi connectivity index (χ3n) is 8.94. The highest BCUT2D eigenvalue weighted by Gasteiger charge is 2.46. The molecule has 44 heavy (non-hydrogen) atoms. The highest BCUT2D eigenvalue weighted by Crippen LogP contribution is 2.41. The Morgan fingerprint density at radius 3 is 2.39 bits per heavy atom. The first kappa shape index (κ1) is 29.8. The predicted octanol–water partition coefficient (Wildman–Crippen LogP) is 4.86. The predicted molar refractivity (Wildman–Crippen MR) is 169 cm³/mol. The van der Waals surface area contributed by atoms with Gasteiger partial charge in [0, 0.05) is 41.4 Å². The van der Waals surface area contributed by atoms with Crippen molar-refractivity contribution >= 4 is 28.5 Å². The number of amides is 2. The minimum atomic E-state index is -0.684. The Balaban J connectivity index is 1.15. The first-order valence-corrected chi connectivity index (χ1v) is 15.5. The fourth-order valence-electron chi connectivity index (χ4n) is 6.77. The Labute approximate surface area is 257 Å². The number of H-pyrrole nitrogens is 2. The van der Waals surface area contributed by atoms with Gasteiger partial charge in [-0.25, -0.2) is 0 Å². The van der Waals surface area contributed by atoms with Gasteiger partial charge in [-0.2, -0.15) is 15.4 Å². The van der Waals surface area contributed by atoms with Gasteiger partial charge in [0.1, 0.15) is 17.6 Å². The fraction of sp³-hybridized carbons (Fsp3) is 0.485. The number of aromatic amines is 2. The van der Waals surface area contributed by atoms with E-state index in [2.05, 4.69) is 80.1 Å². The number of hydrogen-bond donors (Lipinski definition) is 4. The van der Waals surface area contributed by atoms with Crippen molar-refractivity contribution in [2.24, 2.45) is 5.41 Å². The van der Waals surface area contributed by atoms with Crippen LogP contribution in [0.5, 0.6) is 5.88 Å². The van der Waals surface area contributed by atoms with E-state index in [1.54, 1.807) is 12.1 Å². The van der Waals surface area contributed by atoms with Crippen LogP contribution in [0.15, 0.2) is 36.4 Å². The second-order valence-electron chi connectivity index (χ2n) is 13.1. The van der Waals surface area contributed by atoms with Gasteiger partial charge in [0.25, 0.3) is 0 Å². The van der Waals surface area contributed by atoms with Crippen LogP contribution in [-0.2, 0) is 9.59 Å². The average Bonchev–Trinajstić information content (AvgIpc) is 3.78. The van der Waals surface area contributed by atoms with Crippen molar-refractivity contribution in [1.82, 2.24) is 35.8 Å². The van der Waals surface area contributed by atoms with Crippen LogP contribution in [0.2, 0.25) is 0 Å². The maximum atomic E-state index is 13.6. The number of aryl methyl sites for hydroxylation is 2. The summed E-state index contributed by atoms with van der Waals surface area (Å²) in [6.45, 7) is 11.1. The summed E-state index contributed by atoms with van der Waals surface area (Å²) in [5.74, 6) is 0.447. The van der Waals surface area contributed by atoms with Crippen molar-refractivity contribution in [3.63, 3.8) is 0 Å². The molecule has 2 aliphatic heterocycles. The molecule has 2 fully saturated rings. The SMILES string of the molecule is Cc1cc(C)cc(-c2[nH]nc(OCC(C)(C)C(=O)N3C4CCC3CC4)c2[C@H](C)CNCC(=O)Nc2ccc3n[nH]nc3c2)c1. The number of anilines is 1. The summed E-state index contributed by atoms with van der Waals surface area (Å²) in [5.41, 5.74) is 6.54. The molecule has 4 aromatic rings. The summed E-state index contributed by atoms with van der Waals surface area (Å²) in [6.07, 6.45) is 4.43. The Bertz CT molecular complexity index is 1630. The minimum absolute atomic E-state index is 0.0490. The number of hydrogen-bond acceptors (Lipinski definition) is 7. The van der Waals surface area contributed by atoms with E-state index in [1.165, 1.54) is 0 Å². The zero-order chi connectivity index (χ0) is 31.0. The summed E-state index contributed by atoms with van der Waals surface area (Å²) >= 11 is 0. The lowest BCUT2D eigenvalue weighted by molar-refractivity contribution is -0.143. The van der Waals surface area contributed by atoms with E-state index in [0.29, 0.717) is 35.7 Å². The molecule has 232 valence electrons. The number of aromatic nitrogens is 5. The molecule has 2 amide bonds. The van der Waals surface area contributed by atoms with Crippen LogP contribution in [0, 0.1) is 19.3 Å². The first-order valence-electron chi connectivity index (χ1n) is 15.5. The molecule has 0 saturated carbocycles. The van der Waals surface area contributed by atoms with Crippen LogP contribution in [0.1, 0.15) is 69.1 Å². The first-order chi connectivity index (χ1) is 21.1. The van der Waals surface area contributed by atoms with Gasteiger partial charge in [0.2, 0.25) is 17.7 Å². The molecule has 0 unspecified atom stereocenters. The molecule has 2 aliphatic rings. The van der Waals surface area contributed by atoms with E-state index >= 15 is 0 Å². The van der Waals surface area contributed by atoms with E-state index in [-0.39, 0.29) is 30.9 Å². The molecule has 4 N–H and O–H groups in total. The second kappa shape index (κ2) is 12.0. The molecule has 0 aliphatic carbocycles. The lowest BCUT2D eigenvalue weighted by atomic mass is 9.92. The highest BCUT2D eigenvalue weighted by molar-refractivity contribution is 5.94. The molecule has 4 heterocycles. The largest absolute Gasteiger partial charge is 0.475 e. The number of ether oxygens (including phenoxy) is 1. The Hall–Kier alpha value is -4.25. The number of rotatable bonds is 11. The van der Waals surface area contributed by atoms with E-state index in [0.717, 1.165) is 59.1 Å². The Kier molecular flexibility index (Phi) is 8.15. The van der Waals surface area contributed by atoms with Crippen molar-refractivity contribution in [3.8, 4) is 17.1 Å². The smallest absolute Gasteiger partial charge is 0.238 e. The zero-order valence-electron chi connectivity index (χ0n) is 26.2. The van der Waals surface area contributed by atoms with Crippen molar-refractivity contribution in [2.45, 2.75) is 78.3 Å². The lowest BCUT2D eigenvalue weighted by Crippen LogP contribution is -2.46. The number of carbonyl (C=O) groups excluding carboxylic acids is 2. The second-order valence-corrected chi connectivity index (χ2v) is 13.1. The molecule has 1 atom stereocenters. The van der Waals surface area contributed by atoms with Crippen LogP contribution < -0.4 is 15.4 Å². The number of benzene rings is 2. The summed E-state index contributed by atoms with van der Waals surface area (Å²) < 4.78 is 6.38. The van der Waals surface area contributed by atoms with E-state index < -0.39 is 5.41 Å². The van der Waals surface area contributed by atoms with E-state index in [9.17, 15) is 9.59 Å². The number of carbonyl (C=O) groups is 2. The maximum absolute atomic E-state index is 13.6. The van der Waals surface area contributed by atoms with Crippen LogP contribution in [0.4, 0.5) is 5.69 Å². The maximum Gasteiger partial charge on any atom is 0.238 e. The lowest BCUT2D eigenvalue weighted by Gasteiger charge is -2.32. The van der Waals surface area contributed by atoms with Crippen LogP contribution in [0.3, 0.4) is 0 Å². The normalized spacial score (nSPS) is 18.6. The summed E-state index contributed by atoms with van der Waals surface area (Å²) in [7, 11) is 0. The molecule has 2 aromatic heterocycles. The molecule has 2 saturated heterocycles. The average molecular weight is 599 g/mol. The van der Waals surface area contributed by atoms with Gasteiger partial charge in [-0.05, 0) is 83.7 Å². The standard InChI is InChI=1S/C33H42N8O3/c1-19-12-20(2)14-22(13-19)30-29(21(3)16-34-17-28(42)35-23-6-11-26-27(15-23)37-40-36-26)31(39-38-30)44-18-33(4,5)32(43)41-24-7-8-25(41)10-9-24/h6,11-15,21,24-25,34H,7-10,16-18H2,1-5H3,(H,35,42)(H,38,39)(H,36,37,40)/t21-,24?,25?/m1/s1. The zero-order valence-corrected chi connectivity index (χ0v) is 26.2. The van der Waals surface area contributed by atoms with Gasteiger partial charge in [-0.15, -0.1) is 5.10 Å². The van der Waals surface area contributed by atoms with Gasteiger partial charge in [-0.3, -0.25) is 14.7 Å². The molecule has 11 heteroatoms. The Morgan fingerprint density at radius 1 is 1.00 bits per heavy atom. The van der Waals surface area contributed by atoms with Crippen molar-refractivity contribution in [2.75, 3.05) is 25.0 Å². The summed E-state index contributed by atoms with van der Waals surface area (Å²) in [4.78, 5) is 28.5.